The molecule has 0 radical (unpaired) electrons. The van der Waals surface area contributed by atoms with Crippen molar-refractivity contribution in [3.05, 3.63) is 24.3 Å². The highest BCUT2D eigenvalue weighted by Crippen LogP contribution is 2.19. The molecular formula is C21H32N4O3. The first-order chi connectivity index (χ1) is 13.7. The molecule has 2 aliphatic rings. The molecule has 7 nitrogen and oxygen atoms in total. The van der Waals surface area contributed by atoms with Crippen LogP contribution >= 0.6 is 0 Å². The predicted octanol–water partition coefficient (Wildman–Crippen LogP) is 2.87. The Morgan fingerprint density at radius 3 is 2.46 bits per heavy atom. The monoisotopic (exact) mass is 388 g/mol. The summed E-state index contributed by atoms with van der Waals surface area (Å²) in [6, 6.07) is 8.09. The molecule has 28 heavy (non-hydrogen) atoms. The number of carbonyl (C=O) groups excluding carboxylic acids is 2. The number of urea groups is 1. The Bertz CT molecular complexity index is 623. The highest BCUT2D eigenvalue weighted by atomic mass is 16.5. The number of morpholine rings is 1. The molecule has 0 aromatic heterocycles. The Labute approximate surface area is 167 Å². The number of amides is 3. The average Bonchev–Trinajstić information content (AvgIpc) is 2.73. The van der Waals surface area contributed by atoms with E-state index in [-0.39, 0.29) is 11.9 Å². The number of hydrogen-bond acceptors (Lipinski definition) is 4. The number of nitrogens with zero attached hydrogens (tertiary/aromatic N) is 1. The lowest BCUT2D eigenvalue weighted by atomic mass is 9.96. The first kappa shape index (κ1) is 20.5. The van der Waals surface area contributed by atoms with Crippen LogP contribution in [0.3, 0.4) is 0 Å². The largest absolute Gasteiger partial charge is 0.378 e. The summed E-state index contributed by atoms with van der Waals surface area (Å²) in [6.45, 7) is 3.80. The first-order valence-electron chi connectivity index (χ1n) is 10.5. The lowest BCUT2D eigenvalue weighted by Gasteiger charge is -2.28. The molecule has 0 spiro atoms. The average molecular weight is 389 g/mol. The lowest BCUT2D eigenvalue weighted by molar-refractivity contribution is -0.116. The minimum absolute atomic E-state index is 0.0337. The highest BCUT2D eigenvalue weighted by Gasteiger charge is 2.15. The standard InChI is InChI=1S/C21H32N4O3/c26-20(7-4-12-22-21(27)24-17-5-2-1-3-6-17)23-18-8-10-19(11-9-18)25-13-15-28-16-14-25/h8-11,17H,1-7,12-16H2,(H,23,26)(H2,22,24,27). The van der Waals surface area contributed by atoms with E-state index in [0.29, 0.717) is 25.4 Å². The molecule has 1 saturated carbocycles. The number of carbonyl (C=O) groups is 2. The van der Waals surface area contributed by atoms with Gasteiger partial charge in [-0.15, -0.1) is 0 Å². The van der Waals surface area contributed by atoms with Gasteiger partial charge in [-0.05, 0) is 43.5 Å². The Kier molecular flexibility index (Phi) is 7.96. The van der Waals surface area contributed by atoms with Crippen molar-refractivity contribution in [3.8, 4) is 0 Å². The minimum Gasteiger partial charge on any atom is -0.378 e. The topological polar surface area (TPSA) is 82.7 Å². The summed E-state index contributed by atoms with van der Waals surface area (Å²) in [5.74, 6) is -0.0337. The van der Waals surface area contributed by atoms with Crippen LogP contribution in [-0.2, 0) is 9.53 Å². The Hall–Kier alpha value is -2.28. The molecule has 1 saturated heterocycles. The van der Waals surface area contributed by atoms with Gasteiger partial charge in [0.25, 0.3) is 0 Å². The van der Waals surface area contributed by atoms with Gasteiger partial charge in [-0.2, -0.15) is 0 Å². The molecular weight excluding hydrogens is 356 g/mol. The summed E-state index contributed by atoms with van der Waals surface area (Å²) in [6.07, 6.45) is 6.80. The second-order valence-corrected chi connectivity index (χ2v) is 7.53. The fourth-order valence-electron chi connectivity index (χ4n) is 3.73. The van der Waals surface area contributed by atoms with E-state index in [2.05, 4.69) is 20.9 Å². The van der Waals surface area contributed by atoms with Gasteiger partial charge in [0.1, 0.15) is 0 Å². The third kappa shape index (κ3) is 6.71. The van der Waals surface area contributed by atoms with Crippen LogP contribution in [0, 0.1) is 0 Å². The lowest BCUT2D eigenvalue weighted by Crippen LogP contribution is -2.43. The van der Waals surface area contributed by atoms with E-state index in [1.165, 1.54) is 19.3 Å². The van der Waals surface area contributed by atoms with Crippen molar-refractivity contribution in [2.75, 3.05) is 43.1 Å². The normalized spacial score (nSPS) is 17.8. The van der Waals surface area contributed by atoms with Gasteiger partial charge >= 0.3 is 6.03 Å². The van der Waals surface area contributed by atoms with E-state index in [9.17, 15) is 9.59 Å². The Morgan fingerprint density at radius 1 is 1.04 bits per heavy atom. The number of hydrogen-bond donors (Lipinski definition) is 3. The summed E-state index contributed by atoms with van der Waals surface area (Å²) < 4.78 is 5.37. The van der Waals surface area contributed by atoms with Crippen LogP contribution in [0.25, 0.3) is 0 Å². The van der Waals surface area contributed by atoms with Gasteiger partial charge in [-0.25, -0.2) is 4.79 Å². The van der Waals surface area contributed by atoms with Gasteiger partial charge in [0.15, 0.2) is 0 Å². The summed E-state index contributed by atoms with van der Waals surface area (Å²) in [5.41, 5.74) is 1.94. The van der Waals surface area contributed by atoms with E-state index >= 15 is 0 Å². The maximum absolute atomic E-state index is 12.1. The molecule has 1 aliphatic carbocycles. The fraction of sp³-hybridized carbons (Fsp3) is 0.619. The number of benzene rings is 1. The molecule has 0 bridgehead atoms. The molecule has 7 heteroatoms. The van der Waals surface area contributed by atoms with Crippen molar-refractivity contribution >= 4 is 23.3 Å². The molecule has 3 amide bonds. The molecule has 1 aromatic rings. The van der Waals surface area contributed by atoms with Gasteiger partial charge in [0.2, 0.25) is 5.91 Å². The summed E-state index contributed by atoms with van der Waals surface area (Å²) in [5, 5.41) is 8.78. The van der Waals surface area contributed by atoms with Crippen LogP contribution in [-0.4, -0.2) is 50.8 Å². The molecule has 2 fully saturated rings. The molecule has 1 aromatic carbocycles. The van der Waals surface area contributed by atoms with Crippen molar-refractivity contribution < 1.29 is 14.3 Å². The molecule has 154 valence electrons. The Morgan fingerprint density at radius 2 is 1.75 bits per heavy atom. The second kappa shape index (κ2) is 10.9. The van der Waals surface area contributed by atoms with E-state index in [1.54, 1.807) is 0 Å². The number of anilines is 2. The van der Waals surface area contributed by atoms with E-state index in [1.807, 2.05) is 24.3 Å². The number of ether oxygens (including phenoxy) is 1. The maximum Gasteiger partial charge on any atom is 0.315 e. The van der Waals surface area contributed by atoms with Gasteiger partial charge in [0, 0.05) is 43.5 Å². The highest BCUT2D eigenvalue weighted by molar-refractivity contribution is 5.90. The SMILES string of the molecule is O=C(CCCNC(=O)NC1CCCCC1)Nc1ccc(N2CCOCC2)cc1. The minimum atomic E-state index is -0.119. The summed E-state index contributed by atoms with van der Waals surface area (Å²) in [7, 11) is 0. The van der Waals surface area contributed by atoms with Crippen LogP contribution in [0.5, 0.6) is 0 Å². The number of rotatable bonds is 7. The van der Waals surface area contributed by atoms with Crippen molar-refractivity contribution in [2.24, 2.45) is 0 Å². The molecule has 0 atom stereocenters. The zero-order valence-corrected chi connectivity index (χ0v) is 16.5. The summed E-state index contributed by atoms with van der Waals surface area (Å²) in [4.78, 5) is 26.2. The van der Waals surface area contributed by atoms with E-state index in [0.717, 1.165) is 50.5 Å². The van der Waals surface area contributed by atoms with Gasteiger partial charge in [-0.3, -0.25) is 4.79 Å². The zero-order chi connectivity index (χ0) is 19.6. The van der Waals surface area contributed by atoms with Crippen molar-refractivity contribution in [1.82, 2.24) is 10.6 Å². The van der Waals surface area contributed by atoms with E-state index < -0.39 is 0 Å². The van der Waals surface area contributed by atoms with Crippen molar-refractivity contribution in [1.29, 1.82) is 0 Å². The Balaban J connectivity index is 1.30. The van der Waals surface area contributed by atoms with Crippen molar-refractivity contribution in [2.45, 2.75) is 51.0 Å². The first-order valence-corrected chi connectivity index (χ1v) is 10.5. The zero-order valence-electron chi connectivity index (χ0n) is 16.5. The predicted molar refractivity (Wildman–Crippen MR) is 111 cm³/mol. The third-order valence-corrected chi connectivity index (χ3v) is 5.33. The molecule has 3 N–H and O–H groups in total. The second-order valence-electron chi connectivity index (χ2n) is 7.53. The molecule has 0 unspecified atom stereocenters. The number of nitrogens with one attached hydrogen (secondary N) is 3. The van der Waals surface area contributed by atoms with Crippen molar-refractivity contribution in [3.63, 3.8) is 0 Å². The van der Waals surface area contributed by atoms with Gasteiger partial charge in [-0.1, -0.05) is 19.3 Å². The molecule has 1 aliphatic heterocycles. The smallest absolute Gasteiger partial charge is 0.315 e. The van der Waals surface area contributed by atoms with Crippen LogP contribution in [0.4, 0.5) is 16.2 Å². The quantitative estimate of drug-likeness (QED) is 0.627. The van der Waals surface area contributed by atoms with Gasteiger partial charge < -0.3 is 25.6 Å². The van der Waals surface area contributed by atoms with E-state index in [4.69, 9.17) is 4.74 Å². The van der Waals surface area contributed by atoms with Crippen LogP contribution in [0.1, 0.15) is 44.9 Å². The van der Waals surface area contributed by atoms with Crippen LogP contribution in [0.15, 0.2) is 24.3 Å². The fourth-order valence-corrected chi connectivity index (χ4v) is 3.73. The van der Waals surface area contributed by atoms with Gasteiger partial charge in [0.05, 0.1) is 13.2 Å². The summed E-state index contributed by atoms with van der Waals surface area (Å²) >= 11 is 0. The van der Waals surface area contributed by atoms with Crippen LogP contribution in [0.2, 0.25) is 0 Å². The van der Waals surface area contributed by atoms with Crippen LogP contribution < -0.4 is 20.9 Å². The molecule has 1 heterocycles. The maximum atomic E-state index is 12.1. The molecule has 3 rings (SSSR count). The third-order valence-electron chi connectivity index (χ3n) is 5.33.